The van der Waals surface area contributed by atoms with Crippen LogP contribution in [-0.2, 0) is 14.3 Å². The fourth-order valence-corrected chi connectivity index (χ4v) is 2.36. The van der Waals surface area contributed by atoms with Gasteiger partial charge in [-0.1, -0.05) is 13.8 Å². The summed E-state index contributed by atoms with van der Waals surface area (Å²) in [7, 11) is 1.33. The Labute approximate surface area is 118 Å². The van der Waals surface area contributed by atoms with Gasteiger partial charge in [0.25, 0.3) is 0 Å². The number of carbonyl (C=O) groups excluding carboxylic acids is 2. The van der Waals surface area contributed by atoms with Crippen LogP contribution >= 0.6 is 0 Å². The van der Waals surface area contributed by atoms with Crippen molar-refractivity contribution in [3.63, 3.8) is 0 Å². The minimum absolute atomic E-state index is 0.0350. The van der Waals surface area contributed by atoms with Crippen LogP contribution in [-0.4, -0.2) is 54.2 Å². The summed E-state index contributed by atoms with van der Waals surface area (Å²) in [5, 5.41) is 11.4. The van der Waals surface area contributed by atoms with Gasteiger partial charge in [-0.2, -0.15) is 0 Å². The van der Waals surface area contributed by atoms with Crippen molar-refractivity contribution < 1.29 is 24.2 Å². The lowest BCUT2D eigenvalue weighted by Gasteiger charge is -2.21. The third kappa shape index (κ3) is 4.11. The highest BCUT2D eigenvalue weighted by atomic mass is 16.5. The van der Waals surface area contributed by atoms with Crippen molar-refractivity contribution >= 4 is 18.0 Å². The van der Waals surface area contributed by atoms with E-state index < -0.39 is 12.0 Å². The predicted molar refractivity (Wildman–Crippen MR) is 71.1 cm³/mol. The van der Waals surface area contributed by atoms with Crippen LogP contribution in [0.5, 0.6) is 0 Å². The van der Waals surface area contributed by atoms with E-state index in [9.17, 15) is 14.4 Å². The van der Waals surface area contributed by atoms with Gasteiger partial charge in [0.05, 0.1) is 19.4 Å². The molecule has 1 heterocycles. The molecule has 1 rings (SSSR count). The molecule has 114 valence electrons. The fourth-order valence-electron chi connectivity index (χ4n) is 2.36. The van der Waals surface area contributed by atoms with Gasteiger partial charge in [-0.05, 0) is 12.3 Å². The first-order valence-electron chi connectivity index (χ1n) is 6.74. The topological polar surface area (TPSA) is 95.9 Å². The molecule has 1 fully saturated rings. The molecule has 0 bridgehead atoms. The van der Waals surface area contributed by atoms with E-state index in [4.69, 9.17) is 9.84 Å². The second-order valence-corrected chi connectivity index (χ2v) is 5.16. The van der Waals surface area contributed by atoms with Gasteiger partial charge >= 0.3 is 18.0 Å². The molecule has 0 saturated carbocycles. The number of amides is 2. The van der Waals surface area contributed by atoms with Crippen LogP contribution in [0.3, 0.4) is 0 Å². The molecule has 2 amide bonds. The van der Waals surface area contributed by atoms with Crippen molar-refractivity contribution in [3.05, 3.63) is 0 Å². The highest BCUT2D eigenvalue weighted by molar-refractivity contribution is 5.79. The standard InChI is InChI=1S/C13H22N2O5/c1-4-9(5-11(16)17)14-13(19)15-6-8(2)10(7-15)12(18)20-3/h8-10H,4-7H2,1-3H3,(H,14,19)(H,16,17). The predicted octanol–water partition coefficient (Wildman–Crippen LogP) is 0.690. The largest absolute Gasteiger partial charge is 0.481 e. The first-order valence-corrected chi connectivity index (χ1v) is 6.74. The number of hydrogen-bond acceptors (Lipinski definition) is 4. The molecule has 0 aromatic carbocycles. The maximum absolute atomic E-state index is 12.1. The Balaban J connectivity index is 2.56. The van der Waals surface area contributed by atoms with E-state index in [1.807, 2.05) is 13.8 Å². The molecule has 0 spiro atoms. The zero-order valence-corrected chi connectivity index (χ0v) is 12.1. The number of urea groups is 1. The van der Waals surface area contributed by atoms with Crippen molar-refractivity contribution in [1.82, 2.24) is 10.2 Å². The Kier molecular flexibility index (Phi) is 5.79. The zero-order chi connectivity index (χ0) is 15.3. The summed E-state index contributed by atoms with van der Waals surface area (Å²) in [6.45, 7) is 4.49. The van der Waals surface area contributed by atoms with E-state index in [2.05, 4.69) is 5.32 Å². The van der Waals surface area contributed by atoms with E-state index in [1.54, 1.807) is 0 Å². The lowest BCUT2D eigenvalue weighted by molar-refractivity contribution is -0.146. The van der Waals surface area contributed by atoms with Gasteiger partial charge in [0.1, 0.15) is 0 Å². The van der Waals surface area contributed by atoms with Gasteiger partial charge in [0.15, 0.2) is 0 Å². The molecular formula is C13H22N2O5. The summed E-state index contributed by atoms with van der Waals surface area (Å²) in [5.41, 5.74) is 0. The number of hydrogen-bond donors (Lipinski definition) is 2. The average molecular weight is 286 g/mol. The maximum atomic E-state index is 12.1. The van der Waals surface area contributed by atoms with Gasteiger partial charge in [-0.25, -0.2) is 4.79 Å². The minimum Gasteiger partial charge on any atom is -0.481 e. The highest BCUT2D eigenvalue weighted by Crippen LogP contribution is 2.24. The first-order chi connectivity index (χ1) is 9.38. The van der Waals surface area contributed by atoms with E-state index in [0.29, 0.717) is 19.5 Å². The Hall–Kier alpha value is -1.79. The summed E-state index contributed by atoms with van der Waals surface area (Å²) in [6, 6.07) is -0.719. The minimum atomic E-state index is -0.945. The Bertz CT molecular complexity index is 385. The summed E-state index contributed by atoms with van der Waals surface area (Å²) in [6.07, 6.45) is 0.438. The lowest BCUT2D eigenvalue weighted by atomic mass is 9.99. The molecule has 1 aliphatic rings. The van der Waals surface area contributed by atoms with Crippen LogP contribution in [0, 0.1) is 11.8 Å². The van der Waals surface area contributed by atoms with Crippen LogP contribution in [0.25, 0.3) is 0 Å². The number of methoxy groups -OCH3 is 1. The number of nitrogens with zero attached hydrogens (tertiary/aromatic N) is 1. The number of aliphatic carboxylic acids is 1. The molecule has 1 aliphatic heterocycles. The second-order valence-electron chi connectivity index (χ2n) is 5.16. The SMILES string of the molecule is CCC(CC(=O)O)NC(=O)N1CC(C)C(C(=O)OC)C1. The number of carboxylic acids is 1. The lowest BCUT2D eigenvalue weighted by Crippen LogP contribution is -2.44. The van der Waals surface area contributed by atoms with Crippen LogP contribution in [0.2, 0.25) is 0 Å². The van der Waals surface area contributed by atoms with E-state index in [-0.39, 0.29) is 30.3 Å². The number of carbonyl (C=O) groups is 3. The molecule has 3 unspecified atom stereocenters. The molecule has 20 heavy (non-hydrogen) atoms. The third-order valence-electron chi connectivity index (χ3n) is 3.64. The number of rotatable bonds is 5. The molecule has 3 atom stereocenters. The normalized spacial score (nSPS) is 23.2. The third-order valence-corrected chi connectivity index (χ3v) is 3.64. The van der Waals surface area contributed by atoms with Gasteiger partial charge in [-0.15, -0.1) is 0 Å². The van der Waals surface area contributed by atoms with E-state index in [1.165, 1.54) is 12.0 Å². The average Bonchev–Trinajstić information content (AvgIpc) is 2.78. The molecule has 0 aliphatic carbocycles. The first kappa shape index (κ1) is 16.3. The molecule has 2 N–H and O–H groups in total. The van der Waals surface area contributed by atoms with E-state index in [0.717, 1.165) is 0 Å². The van der Waals surface area contributed by atoms with Crippen LogP contribution in [0.15, 0.2) is 0 Å². The Morgan fingerprint density at radius 2 is 2.05 bits per heavy atom. The molecule has 0 aromatic heterocycles. The van der Waals surface area contributed by atoms with Crippen molar-refractivity contribution in [2.75, 3.05) is 20.2 Å². The quantitative estimate of drug-likeness (QED) is 0.725. The van der Waals surface area contributed by atoms with Crippen LogP contribution in [0.1, 0.15) is 26.7 Å². The number of esters is 1. The summed E-state index contributed by atoms with van der Waals surface area (Å²) < 4.78 is 4.71. The molecule has 7 nitrogen and oxygen atoms in total. The van der Waals surface area contributed by atoms with Gasteiger partial charge in [0, 0.05) is 19.1 Å². The smallest absolute Gasteiger partial charge is 0.317 e. The van der Waals surface area contributed by atoms with Gasteiger partial charge in [0.2, 0.25) is 0 Å². The van der Waals surface area contributed by atoms with Crippen LogP contribution in [0.4, 0.5) is 4.79 Å². The highest BCUT2D eigenvalue weighted by Gasteiger charge is 2.38. The maximum Gasteiger partial charge on any atom is 0.317 e. The molecule has 7 heteroatoms. The number of carboxylic acid groups (broad SMARTS) is 1. The van der Waals surface area contributed by atoms with Crippen molar-refractivity contribution in [1.29, 1.82) is 0 Å². The summed E-state index contributed by atoms with van der Waals surface area (Å²) in [4.78, 5) is 35.8. The number of ether oxygens (including phenoxy) is 1. The monoisotopic (exact) mass is 286 g/mol. The molecule has 0 radical (unpaired) electrons. The second kappa shape index (κ2) is 7.12. The van der Waals surface area contributed by atoms with Gasteiger partial charge in [-0.3, -0.25) is 9.59 Å². The summed E-state index contributed by atoms with van der Waals surface area (Å²) >= 11 is 0. The fraction of sp³-hybridized carbons (Fsp3) is 0.769. The van der Waals surface area contributed by atoms with Crippen LogP contribution < -0.4 is 5.32 Å². The molecule has 0 aromatic rings. The van der Waals surface area contributed by atoms with Crippen molar-refractivity contribution in [3.8, 4) is 0 Å². The Morgan fingerprint density at radius 3 is 2.55 bits per heavy atom. The van der Waals surface area contributed by atoms with Crippen molar-refractivity contribution in [2.24, 2.45) is 11.8 Å². The van der Waals surface area contributed by atoms with Crippen molar-refractivity contribution in [2.45, 2.75) is 32.7 Å². The molecular weight excluding hydrogens is 264 g/mol. The zero-order valence-electron chi connectivity index (χ0n) is 12.1. The number of likely N-dealkylation sites (tertiary alicyclic amines) is 1. The Morgan fingerprint density at radius 1 is 1.40 bits per heavy atom. The summed E-state index contributed by atoms with van der Waals surface area (Å²) in [5.74, 6) is -1.54. The number of nitrogens with one attached hydrogen (secondary N) is 1. The van der Waals surface area contributed by atoms with E-state index >= 15 is 0 Å². The molecule has 1 saturated heterocycles. The van der Waals surface area contributed by atoms with Gasteiger partial charge < -0.3 is 20.1 Å².